The Labute approximate surface area is 102 Å². The van der Waals surface area contributed by atoms with E-state index >= 15 is 0 Å². The molecule has 1 aliphatic heterocycles. The average Bonchev–Trinajstić information content (AvgIpc) is 2.38. The van der Waals surface area contributed by atoms with Crippen molar-refractivity contribution < 1.29 is 9.47 Å². The minimum absolute atomic E-state index is 0.264. The molecule has 0 aromatic heterocycles. The fourth-order valence-electron chi connectivity index (χ4n) is 2.17. The molecule has 1 heterocycles. The zero-order chi connectivity index (χ0) is 12.3. The van der Waals surface area contributed by atoms with Crippen molar-refractivity contribution >= 4 is 5.69 Å². The van der Waals surface area contributed by atoms with Crippen molar-refractivity contribution in [1.29, 1.82) is 0 Å². The van der Waals surface area contributed by atoms with Gasteiger partial charge in [0, 0.05) is 31.4 Å². The fourth-order valence-corrected chi connectivity index (χ4v) is 2.17. The van der Waals surface area contributed by atoms with Gasteiger partial charge in [0.05, 0.1) is 19.8 Å². The molecule has 1 aromatic carbocycles. The van der Waals surface area contributed by atoms with Crippen molar-refractivity contribution in [3.05, 3.63) is 23.8 Å². The predicted octanol–water partition coefficient (Wildman–Crippen LogP) is 1.38. The molecular formula is C13H20N2O2. The Morgan fingerprint density at radius 1 is 1.53 bits per heavy atom. The Kier molecular flexibility index (Phi) is 3.86. The Balaban J connectivity index is 2.27. The van der Waals surface area contributed by atoms with Gasteiger partial charge in [0.15, 0.2) is 0 Å². The average molecular weight is 236 g/mol. The van der Waals surface area contributed by atoms with Crippen LogP contribution in [0.1, 0.15) is 12.5 Å². The molecular weight excluding hydrogens is 216 g/mol. The summed E-state index contributed by atoms with van der Waals surface area (Å²) in [5.41, 5.74) is 8.11. The predicted molar refractivity (Wildman–Crippen MR) is 68.5 cm³/mol. The molecule has 0 radical (unpaired) electrons. The standard InChI is InChI=1S/C13H20N2O2/c1-10-9-15(5-6-17-10)13-7-12(16-2)4-3-11(13)8-14/h3-4,7,10H,5-6,8-9,14H2,1-2H3. The Bertz CT molecular complexity index is 382. The first-order valence-corrected chi connectivity index (χ1v) is 5.98. The molecule has 2 rings (SSSR count). The first-order chi connectivity index (χ1) is 8.24. The van der Waals surface area contributed by atoms with Gasteiger partial charge in [-0.05, 0) is 18.6 Å². The summed E-state index contributed by atoms with van der Waals surface area (Å²) in [5, 5.41) is 0. The van der Waals surface area contributed by atoms with E-state index in [4.69, 9.17) is 15.2 Å². The summed E-state index contributed by atoms with van der Waals surface area (Å²) >= 11 is 0. The SMILES string of the molecule is COc1ccc(CN)c(N2CCOC(C)C2)c1. The highest BCUT2D eigenvalue weighted by molar-refractivity contribution is 5.57. The van der Waals surface area contributed by atoms with Crippen LogP contribution in [0.5, 0.6) is 5.75 Å². The number of nitrogens with two attached hydrogens (primary N) is 1. The summed E-state index contributed by atoms with van der Waals surface area (Å²) in [6.07, 6.45) is 0.264. The quantitative estimate of drug-likeness (QED) is 0.861. The maximum absolute atomic E-state index is 5.78. The second-order valence-electron chi connectivity index (χ2n) is 4.33. The van der Waals surface area contributed by atoms with Gasteiger partial charge in [0.1, 0.15) is 5.75 Å². The largest absolute Gasteiger partial charge is 0.497 e. The highest BCUT2D eigenvalue weighted by atomic mass is 16.5. The van der Waals surface area contributed by atoms with E-state index in [9.17, 15) is 0 Å². The second-order valence-corrected chi connectivity index (χ2v) is 4.33. The van der Waals surface area contributed by atoms with Gasteiger partial charge in [-0.2, -0.15) is 0 Å². The molecule has 1 atom stereocenters. The molecule has 0 amide bonds. The summed E-state index contributed by atoms with van der Waals surface area (Å²) in [6, 6.07) is 6.05. The zero-order valence-electron chi connectivity index (χ0n) is 10.5. The van der Waals surface area contributed by atoms with E-state index in [-0.39, 0.29) is 6.10 Å². The fraction of sp³-hybridized carbons (Fsp3) is 0.538. The first kappa shape index (κ1) is 12.2. The van der Waals surface area contributed by atoms with E-state index in [0.29, 0.717) is 6.54 Å². The topological polar surface area (TPSA) is 47.7 Å². The van der Waals surface area contributed by atoms with Crippen LogP contribution in [0.4, 0.5) is 5.69 Å². The molecule has 94 valence electrons. The third kappa shape index (κ3) is 2.70. The molecule has 0 aliphatic carbocycles. The lowest BCUT2D eigenvalue weighted by molar-refractivity contribution is 0.0531. The molecule has 0 spiro atoms. The number of morpholine rings is 1. The van der Waals surface area contributed by atoms with E-state index < -0.39 is 0 Å². The zero-order valence-corrected chi connectivity index (χ0v) is 10.5. The number of nitrogens with zero attached hydrogens (tertiary/aromatic N) is 1. The maximum Gasteiger partial charge on any atom is 0.120 e. The van der Waals surface area contributed by atoms with E-state index in [1.165, 1.54) is 5.69 Å². The van der Waals surface area contributed by atoms with Crippen LogP contribution in [0.3, 0.4) is 0 Å². The van der Waals surface area contributed by atoms with Gasteiger partial charge >= 0.3 is 0 Å². The number of methoxy groups -OCH3 is 1. The van der Waals surface area contributed by atoms with Crippen LogP contribution in [0.2, 0.25) is 0 Å². The van der Waals surface area contributed by atoms with Crippen molar-refractivity contribution in [2.45, 2.75) is 19.6 Å². The van der Waals surface area contributed by atoms with Gasteiger partial charge in [-0.15, -0.1) is 0 Å². The Hall–Kier alpha value is -1.26. The molecule has 1 aliphatic rings. The highest BCUT2D eigenvalue weighted by Gasteiger charge is 2.19. The number of anilines is 1. The van der Waals surface area contributed by atoms with E-state index in [1.54, 1.807) is 7.11 Å². The van der Waals surface area contributed by atoms with Gasteiger partial charge < -0.3 is 20.1 Å². The molecule has 4 heteroatoms. The molecule has 1 saturated heterocycles. The lowest BCUT2D eigenvalue weighted by Gasteiger charge is -2.34. The third-order valence-electron chi connectivity index (χ3n) is 3.09. The van der Waals surface area contributed by atoms with Crippen LogP contribution in [-0.4, -0.2) is 32.9 Å². The monoisotopic (exact) mass is 236 g/mol. The molecule has 17 heavy (non-hydrogen) atoms. The number of hydrogen-bond acceptors (Lipinski definition) is 4. The van der Waals surface area contributed by atoms with Gasteiger partial charge in [-0.1, -0.05) is 6.07 Å². The van der Waals surface area contributed by atoms with Crippen LogP contribution in [0.25, 0.3) is 0 Å². The van der Waals surface area contributed by atoms with Gasteiger partial charge in [0.2, 0.25) is 0 Å². The van der Waals surface area contributed by atoms with Crippen molar-refractivity contribution in [2.24, 2.45) is 5.73 Å². The van der Waals surface area contributed by atoms with Gasteiger partial charge in [-0.25, -0.2) is 0 Å². The minimum atomic E-state index is 0.264. The lowest BCUT2D eigenvalue weighted by Crippen LogP contribution is -2.41. The number of hydrogen-bond donors (Lipinski definition) is 1. The molecule has 4 nitrogen and oxygen atoms in total. The van der Waals surface area contributed by atoms with Crippen molar-refractivity contribution in [1.82, 2.24) is 0 Å². The second kappa shape index (κ2) is 5.38. The van der Waals surface area contributed by atoms with Gasteiger partial charge in [0.25, 0.3) is 0 Å². The van der Waals surface area contributed by atoms with Crippen LogP contribution < -0.4 is 15.4 Å². The normalized spacial score (nSPS) is 20.4. The molecule has 1 unspecified atom stereocenters. The molecule has 2 N–H and O–H groups in total. The summed E-state index contributed by atoms with van der Waals surface area (Å²) in [7, 11) is 1.68. The minimum Gasteiger partial charge on any atom is -0.497 e. The Morgan fingerprint density at radius 2 is 2.35 bits per heavy atom. The van der Waals surface area contributed by atoms with E-state index in [1.807, 2.05) is 12.1 Å². The number of rotatable bonds is 3. The molecule has 0 bridgehead atoms. The van der Waals surface area contributed by atoms with E-state index in [2.05, 4.69) is 17.9 Å². The van der Waals surface area contributed by atoms with Crippen molar-refractivity contribution in [2.75, 3.05) is 31.7 Å². The van der Waals surface area contributed by atoms with Crippen LogP contribution in [-0.2, 0) is 11.3 Å². The molecule has 1 fully saturated rings. The first-order valence-electron chi connectivity index (χ1n) is 5.98. The Morgan fingerprint density at radius 3 is 3.00 bits per heavy atom. The lowest BCUT2D eigenvalue weighted by atomic mass is 10.1. The summed E-state index contributed by atoms with van der Waals surface area (Å²) in [4.78, 5) is 2.32. The van der Waals surface area contributed by atoms with Gasteiger partial charge in [-0.3, -0.25) is 0 Å². The third-order valence-corrected chi connectivity index (χ3v) is 3.09. The summed E-state index contributed by atoms with van der Waals surface area (Å²) in [6.45, 7) is 5.21. The number of ether oxygens (including phenoxy) is 2. The maximum atomic E-state index is 5.78. The summed E-state index contributed by atoms with van der Waals surface area (Å²) < 4.78 is 10.8. The van der Waals surface area contributed by atoms with E-state index in [0.717, 1.165) is 31.0 Å². The smallest absolute Gasteiger partial charge is 0.120 e. The number of benzene rings is 1. The van der Waals surface area contributed by atoms with Crippen molar-refractivity contribution in [3.8, 4) is 5.75 Å². The molecule has 0 saturated carbocycles. The van der Waals surface area contributed by atoms with Crippen LogP contribution in [0.15, 0.2) is 18.2 Å². The van der Waals surface area contributed by atoms with Crippen LogP contribution >= 0.6 is 0 Å². The molecule has 1 aromatic rings. The summed E-state index contributed by atoms with van der Waals surface area (Å²) in [5.74, 6) is 0.872. The van der Waals surface area contributed by atoms with Crippen molar-refractivity contribution in [3.63, 3.8) is 0 Å². The highest BCUT2D eigenvalue weighted by Crippen LogP contribution is 2.27. The van der Waals surface area contributed by atoms with Crippen LogP contribution in [0, 0.1) is 0 Å².